The number of hydrogen-bond donors (Lipinski definition) is 2. The standard InChI is InChI=1S/C24H28N2O6/c1-3-14-31-20-10-8-17(9-11-20)21(27)12-13-23(29)32-16-22(28)26-19-7-5-6-18(15-19)24(30)25-4-2/h5-11,15H,3-4,12-14,16H2,1-2H3,(H,25,30)(H,26,28). The van der Waals surface area contributed by atoms with E-state index in [0.717, 1.165) is 6.42 Å². The summed E-state index contributed by atoms with van der Waals surface area (Å²) in [5, 5.41) is 5.24. The average molecular weight is 440 g/mol. The first-order valence-corrected chi connectivity index (χ1v) is 10.5. The summed E-state index contributed by atoms with van der Waals surface area (Å²) in [7, 11) is 0. The van der Waals surface area contributed by atoms with Crippen molar-refractivity contribution in [3.05, 3.63) is 59.7 Å². The molecule has 0 saturated heterocycles. The molecule has 0 unspecified atom stereocenters. The molecule has 170 valence electrons. The van der Waals surface area contributed by atoms with Gasteiger partial charge in [-0.15, -0.1) is 0 Å². The average Bonchev–Trinajstić information content (AvgIpc) is 2.80. The van der Waals surface area contributed by atoms with Crippen molar-refractivity contribution in [2.75, 3.05) is 25.1 Å². The monoisotopic (exact) mass is 440 g/mol. The van der Waals surface area contributed by atoms with Gasteiger partial charge in [-0.3, -0.25) is 19.2 Å². The smallest absolute Gasteiger partial charge is 0.306 e. The molecule has 0 aliphatic rings. The first-order valence-electron chi connectivity index (χ1n) is 10.5. The summed E-state index contributed by atoms with van der Waals surface area (Å²) in [6.45, 7) is 4.43. The highest BCUT2D eigenvalue weighted by Crippen LogP contribution is 2.15. The lowest BCUT2D eigenvalue weighted by Crippen LogP contribution is -2.23. The molecule has 0 spiro atoms. The molecule has 8 nitrogen and oxygen atoms in total. The largest absolute Gasteiger partial charge is 0.494 e. The summed E-state index contributed by atoms with van der Waals surface area (Å²) in [4.78, 5) is 48.0. The van der Waals surface area contributed by atoms with Gasteiger partial charge < -0.3 is 20.1 Å². The second-order valence-electron chi connectivity index (χ2n) is 6.95. The molecule has 2 aromatic carbocycles. The zero-order valence-corrected chi connectivity index (χ0v) is 18.3. The highest BCUT2D eigenvalue weighted by Gasteiger charge is 2.13. The van der Waals surface area contributed by atoms with Crippen molar-refractivity contribution in [1.29, 1.82) is 0 Å². The zero-order valence-electron chi connectivity index (χ0n) is 18.3. The predicted molar refractivity (Wildman–Crippen MR) is 120 cm³/mol. The fourth-order valence-corrected chi connectivity index (χ4v) is 2.73. The van der Waals surface area contributed by atoms with Gasteiger partial charge in [0.15, 0.2) is 12.4 Å². The summed E-state index contributed by atoms with van der Waals surface area (Å²) in [5.41, 5.74) is 1.30. The Morgan fingerprint density at radius 2 is 1.66 bits per heavy atom. The van der Waals surface area contributed by atoms with Gasteiger partial charge in [0.25, 0.3) is 11.8 Å². The van der Waals surface area contributed by atoms with Crippen LogP contribution in [-0.4, -0.2) is 43.3 Å². The minimum absolute atomic E-state index is 0.0236. The van der Waals surface area contributed by atoms with Crippen LogP contribution in [0.3, 0.4) is 0 Å². The Labute approximate surface area is 187 Å². The Balaban J connectivity index is 1.74. The first kappa shape index (κ1) is 24.6. The Bertz CT molecular complexity index is 940. The molecule has 32 heavy (non-hydrogen) atoms. The number of nitrogens with one attached hydrogen (secondary N) is 2. The lowest BCUT2D eigenvalue weighted by Gasteiger charge is -2.08. The number of benzene rings is 2. The molecule has 0 atom stereocenters. The van der Waals surface area contributed by atoms with Crippen LogP contribution in [-0.2, 0) is 14.3 Å². The first-order chi connectivity index (χ1) is 15.4. The fraction of sp³-hybridized carbons (Fsp3) is 0.333. The third-order valence-electron chi connectivity index (χ3n) is 4.32. The number of anilines is 1. The number of ketones is 1. The van der Waals surface area contributed by atoms with Gasteiger partial charge in [-0.05, 0) is 55.8 Å². The molecule has 0 aliphatic heterocycles. The van der Waals surface area contributed by atoms with Crippen LogP contribution in [0.4, 0.5) is 5.69 Å². The summed E-state index contributed by atoms with van der Waals surface area (Å²) in [6, 6.07) is 13.2. The van der Waals surface area contributed by atoms with Crippen molar-refractivity contribution in [1.82, 2.24) is 5.32 Å². The van der Waals surface area contributed by atoms with Crippen molar-refractivity contribution in [3.8, 4) is 5.75 Å². The maximum atomic E-state index is 12.2. The number of carbonyl (C=O) groups excluding carboxylic acids is 4. The molecule has 8 heteroatoms. The van der Waals surface area contributed by atoms with Gasteiger partial charge in [0.2, 0.25) is 0 Å². The van der Waals surface area contributed by atoms with Gasteiger partial charge in [-0.2, -0.15) is 0 Å². The van der Waals surface area contributed by atoms with E-state index in [-0.39, 0.29) is 24.5 Å². The molecule has 2 N–H and O–H groups in total. The lowest BCUT2D eigenvalue weighted by molar-refractivity contribution is -0.147. The maximum Gasteiger partial charge on any atom is 0.306 e. The van der Waals surface area contributed by atoms with Gasteiger partial charge in [-0.25, -0.2) is 0 Å². The van der Waals surface area contributed by atoms with Crippen LogP contribution in [0.5, 0.6) is 5.75 Å². The molecule has 0 bridgehead atoms. The number of esters is 1. The van der Waals surface area contributed by atoms with Crippen LogP contribution in [0.15, 0.2) is 48.5 Å². The Morgan fingerprint density at radius 1 is 0.906 bits per heavy atom. The number of carbonyl (C=O) groups is 4. The summed E-state index contributed by atoms with van der Waals surface area (Å²) in [5.74, 6) is -0.948. The summed E-state index contributed by atoms with van der Waals surface area (Å²) in [6.07, 6.45) is 0.736. The molecule has 0 saturated carbocycles. The number of Topliss-reactive ketones (excluding diaryl/α,β-unsaturated/α-hetero) is 1. The molecule has 0 heterocycles. The van der Waals surface area contributed by atoms with Gasteiger partial charge in [0.05, 0.1) is 13.0 Å². The number of ether oxygens (including phenoxy) is 2. The van der Waals surface area contributed by atoms with E-state index < -0.39 is 18.5 Å². The van der Waals surface area contributed by atoms with Crippen LogP contribution >= 0.6 is 0 Å². The third-order valence-corrected chi connectivity index (χ3v) is 4.32. The quantitative estimate of drug-likeness (QED) is 0.387. The van der Waals surface area contributed by atoms with Gasteiger partial charge in [-0.1, -0.05) is 13.0 Å². The van der Waals surface area contributed by atoms with E-state index in [4.69, 9.17) is 9.47 Å². The van der Waals surface area contributed by atoms with E-state index >= 15 is 0 Å². The maximum absolute atomic E-state index is 12.2. The second-order valence-corrected chi connectivity index (χ2v) is 6.95. The van der Waals surface area contributed by atoms with Crippen LogP contribution in [0.25, 0.3) is 0 Å². The molecule has 2 amide bonds. The SMILES string of the molecule is CCCOc1ccc(C(=O)CCC(=O)OCC(=O)Nc2cccc(C(=O)NCC)c2)cc1. The fourth-order valence-electron chi connectivity index (χ4n) is 2.73. The van der Waals surface area contributed by atoms with E-state index in [2.05, 4.69) is 10.6 Å². The summed E-state index contributed by atoms with van der Waals surface area (Å²) < 4.78 is 10.4. The highest BCUT2D eigenvalue weighted by atomic mass is 16.5. The molecule has 0 aliphatic carbocycles. The lowest BCUT2D eigenvalue weighted by atomic mass is 10.1. The van der Waals surface area contributed by atoms with Crippen molar-refractivity contribution >= 4 is 29.3 Å². The van der Waals surface area contributed by atoms with E-state index in [1.165, 1.54) is 6.07 Å². The molecule has 0 radical (unpaired) electrons. The Morgan fingerprint density at radius 3 is 2.34 bits per heavy atom. The van der Waals surface area contributed by atoms with Crippen LogP contribution < -0.4 is 15.4 Å². The normalized spacial score (nSPS) is 10.2. The number of rotatable bonds is 12. The molecule has 2 aromatic rings. The van der Waals surface area contributed by atoms with Crippen molar-refractivity contribution in [2.45, 2.75) is 33.1 Å². The number of hydrogen-bond acceptors (Lipinski definition) is 6. The van der Waals surface area contributed by atoms with Crippen molar-refractivity contribution in [3.63, 3.8) is 0 Å². The van der Waals surface area contributed by atoms with Crippen molar-refractivity contribution in [2.24, 2.45) is 0 Å². The summed E-state index contributed by atoms with van der Waals surface area (Å²) >= 11 is 0. The van der Waals surface area contributed by atoms with E-state index in [1.54, 1.807) is 42.5 Å². The van der Waals surface area contributed by atoms with Gasteiger partial charge in [0, 0.05) is 29.8 Å². The topological polar surface area (TPSA) is 111 Å². The Hall–Kier alpha value is -3.68. The second kappa shape index (κ2) is 12.9. The van der Waals surface area contributed by atoms with Crippen LogP contribution in [0.2, 0.25) is 0 Å². The van der Waals surface area contributed by atoms with E-state index in [1.807, 2.05) is 13.8 Å². The highest BCUT2D eigenvalue weighted by molar-refractivity contribution is 5.99. The third kappa shape index (κ3) is 8.22. The minimum atomic E-state index is -0.646. The van der Waals surface area contributed by atoms with Gasteiger partial charge >= 0.3 is 5.97 Å². The van der Waals surface area contributed by atoms with E-state index in [9.17, 15) is 19.2 Å². The predicted octanol–water partition coefficient (Wildman–Crippen LogP) is 3.37. The molecular weight excluding hydrogens is 412 g/mol. The van der Waals surface area contributed by atoms with Crippen LogP contribution in [0.1, 0.15) is 53.8 Å². The molecule has 0 fully saturated rings. The zero-order chi connectivity index (χ0) is 23.3. The molecule has 0 aromatic heterocycles. The van der Waals surface area contributed by atoms with E-state index in [0.29, 0.717) is 35.7 Å². The minimum Gasteiger partial charge on any atom is -0.494 e. The van der Waals surface area contributed by atoms with Crippen LogP contribution in [0, 0.1) is 0 Å². The van der Waals surface area contributed by atoms with Gasteiger partial charge in [0.1, 0.15) is 5.75 Å². The van der Waals surface area contributed by atoms with Crippen molar-refractivity contribution < 1.29 is 28.7 Å². The number of amides is 2. The Kier molecular flexibility index (Phi) is 9.90. The molecular formula is C24H28N2O6. The molecule has 2 rings (SSSR count).